The third-order valence-electron chi connectivity index (χ3n) is 1.61. The molecule has 70 valence electrons. The zero-order valence-electron chi connectivity index (χ0n) is 6.99. The fraction of sp³-hybridized carbons (Fsp3) is 0.222. The van der Waals surface area contributed by atoms with E-state index in [0.717, 1.165) is 5.56 Å². The molecule has 0 amide bonds. The van der Waals surface area contributed by atoms with E-state index in [-0.39, 0.29) is 0 Å². The Hall–Kier alpha value is -1.06. The van der Waals surface area contributed by atoms with Gasteiger partial charge in [0.05, 0.1) is 0 Å². The summed E-state index contributed by atoms with van der Waals surface area (Å²) in [5, 5.41) is 18.1. The quantitative estimate of drug-likeness (QED) is 0.765. The van der Waals surface area contributed by atoms with Crippen molar-refractivity contribution in [2.75, 3.05) is 0 Å². The molecule has 0 saturated heterocycles. The number of aliphatic hydroxyl groups is 1. The predicted octanol–water partition coefficient (Wildman–Crippen LogP) is 1.77. The maximum atomic E-state index is 10.4. The Morgan fingerprint density at radius 2 is 2.08 bits per heavy atom. The van der Waals surface area contributed by atoms with Gasteiger partial charge in [0.2, 0.25) is 0 Å². The molecule has 0 spiro atoms. The summed E-state index contributed by atoms with van der Waals surface area (Å²) in [4.78, 5) is 10.4. The van der Waals surface area contributed by atoms with Crippen molar-refractivity contribution in [3.8, 4) is 0 Å². The molecule has 3 nitrogen and oxygen atoms in total. The Bertz CT molecular complexity index is 315. The van der Waals surface area contributed by atoms with Crippen LogP contribution < -0.4 is 0 Å². The van der Waals surface area contributed by atoms with E-state index in [2.05, 4.69) is 0 Å². The zero-order valence-corrected chi connectivity index (χ0v) is 7.75. The number of halogens is 1. The number of hydrogen-bond acceptors (Lipinski definition) is 2. The van der Waals surface area contributed by atoms with Gasteiger partial charge in [-0.25, -0.2) is 4.79 Å². The lowest BCUT2D eigenvalue weighted by molar-refractivity contribution is -0.146. The summed E-state index contributed by atoms with van der Waals surface area (Å²) in [5.41, 5.74) is 1.13. The predicted molar refractivity (Wildman–Crippen MR) is 48.8 cm³/mol. The molecule has 0 bridgehead atoms. The lowest BCUT2D eigenvalue weighted by Crippen LogP contribution is -2.10. The second-order valence-electron chi connectivity index (χ2n) is 2.80. The molecule has 0 radical (unpaired) electrons. The van der Waals surface area contributed by atoms with Gasteiger partial charge in [-0.05, 0) is 30.2 Å². The number of carboxylic acids is 1. The van der Waals surface area contributed by atoms with Crippen LogP contribution in [0.1, 0.15) is 17.2 Å². The summed E-state index contributed by atoms with van der Waals surface area (Å²) in [6, 6.07) is 4.72. The molecule has 0 heterocycles. The zero-order chi connectivity index (χ0) is 10.0. The number of rotatable bonds is 2. The number of carboxylic acid groups (broad SMARTS) is 1. The molecule has 0 aliphatic rings. The first-order valence-corrected chi connectivity index (χ1v) is 4.06. The summed E-state index contributed by atoms with van der Waals surface area (Å²) in [6.45, 7) is 1.78. The largest absolute Gasteiger partial charge is 0.479 e. The van der Waals surface area contributed by atoms with Crippen molar-refractivity contribution in [1.29, 1.82) is 0 Å². The van der Waals surface area contributed by atoms with Crippen LogP contribution in [-0.2, 0) is 4.79 Å². The first-order valence-electron chi connectivity index (χ1n) is 3.68. The van der Waals surface area contributed by atoms with Crippen molar-refractivity contribution in [1.82, 2.24) is 0 Å². The smallest absolute Gasteiger partial charge is 0.337 e. The molecule has 2 N–H and O–H groups in total. The SMILES string of the molecule is Cc1cc(Cl)cc(C(O)C(=O)O)c1. The standard InChI is InChI=1S/C9H9ClO3/c1-5-2-6(4-7(10)3-5)8(11)9(12)13/h2-4,8,11H,1H3,(H,12,13). The second-order valence-corrected chi connectivity index (χ2v) is 3.24. The fourth-order valence-electron chi connectivity index (χ4n) is 1.07. The van der Waals surface area contributed by atoms with Crippen molar-refractivity contribution in [3.05, 3.63) is 34.3 Å². The van der Waals surface area contributed by atoms with Crippen LogP contribution in [0.25, 0.3) is 0 Å². The minimum absolute atomic E-state index is 0.303. The molecule has 0 aliphatic carbocycles. The Morgan fingerprint density at radius 3 is 2.54 bits per heavy atom. The van der Waals surface area contributed by atoms with Gasteiger partial charge in [-0.1, -0.05) is 17.7 Å². The van der Waals surface area contributed by atoms with Crippen LogP contribution in [0.4, 0.5) is 0 Å². The number of aliphatic hydroxyl groups excluding tert-OH is 1. The van der Waals surface area contributed by atoms with Crippen LogP contribution in [0, 0.1) is 6.92 Å². The molecule has 1 rings (SSSR count). The van der Waals surface area contributed by atoms with Gasteiger partial charge < -0.3 is 10.2 Å². The highest BCUT2D eigenvalue weighted by Crippen LogP contribution is 2.20. The van der Waals surface area contributed by atoms with Gasteiger partial charge in [0.15, 0.2) is 6.10 Å². The molecule has 4 heteroatoms. The highest BCUT2D eigenvalue weighted by atomic mass is 35.5. The van der Waals surface area contributed by atoms with Crippen LogP contribution in [-0.4, -0.2) is 16.2 Å². The molecular formula is C9H9ClO3. The first kappa shape index (κ1) is 10.0. The van der Waals surface area contributed by atoms with Gasteiger partial charge in [0.1, 0.15) is 0 Å². The normalized spacial score (nSPS) is 12.5. The number of aliphatic carboxylic acids is 1. The Morgan fingerprint density at radius 1 is 1.46 bits per heavy atom. The number of carbonyl (C=O) groups is 1. The first-order chi connectivity index (χ1) is 6.00. The maximum absolute atomic E-state index is 10.4. The summed E-state index contributed by atoms with van der Waals surface area (Å²) in [5.74, 6) is -1.28. The molecule has 0 fully saturated rings. The van der Waals surface area contributed by atoms with Crippen LogP contribution in [0.15, 0.2) is 18.2 Å². The van der Waals surface area contributed by atoms with E-state index in [1.165, 1.54) is 6.07 Å². The van der Waals surface area contributed by atoms with E-state index in [1.807, 2.05) is 0 Å². The molecule has 13 heavy (non-hydrogen) atoms. The van der Waals surface area contributed by atoms with Crippen LogP contribution in [0.3, 0.4) is 0 Å². The van der Waals surface area contributed by atoms with E-state index in [9.17, 15) is 9.90 Å². The van der Waals surface area contributed by atoms with E-state index in [0.29, 0.717) is 10.6 Å². The summed E-state index contributed by atoms with van der Waals surface area (Å²) in [6.07, 6.45) is -1.50. The Kier molecular flexibility index (Phi) is 2.90. The van der Waals surface area contributed by atoms with Gasteiger partial charge in [0, 0.05) is 5.02 Å². The number of hydrogen-bond donors (Lipinski definition) is 2. The number of benzene rings is 1. The van der Waals surface area contributed by atoms with E-state index < -0.39 is 12.1 Å². The van der Waals surface area contributed by atoms with Crippen molar-refractivity contribution in [3.63, 3.8) is 0 Å². The molecule has 1 aromatic rings. The van der Waals surface area contributed by atoms with Gasteiger partial charge in [-0.15, -0.1) is 0 Å². The molecule has 1 unspecified atom stereocenters. The Balaban J connectivity index is 3.07. The van der Waals surface area contributed by atoms with Gasteiger partial charge in [-0.3, -0.25) is 0 Å². The average Bonchev–Trinajstić information content (AvgIpc) is 2.01. The molecular weight excluding hydrogens is 192 g/mol. The van der Waals surface area contributed by atoms with Crippen LogP contribution >= 0.6 is 11.6 Å². The van der Waals surface area contributed by atoms with Gasteiger partial charge in [0.25, 0.3) is 0 Å². The average molecular weight is 201 g/mol. The van der Waals surface area contributed by atoms with E-state index in [1.54, 1.807) is 19.1 Å². The maximum Gasteiger partial charge on any atom is 0.337 e. The lowest BCUT2D eigenvalue weighted by atomic mass is 10.1. The van der Waals surface area contributed by atoms with Gasteiger partial charge in [-0.2, -0.15) is 0 Å². The highest BCUT2D eigenvalue weighted by molar-refractivity contribution is 6.30. The molecule has 1 atom stereocenters. The fourth-order valence-corrected chi connectivity index (χ4v) is 1.36. The van der Waals surface area contributed by atoms with E-state index in [4.69, 9.17) is 16.7 Å². The topological polar surface area (TPSA) is 57.5 Å². The summed E-state index contributed by atoms with van der Waals surface area (Å²) < 4.78 is 0. The minimum Gasteiger partial charge on any atom is -0.479 e. The monoisotopic (exact) mass is 200 g/mol. The summed E-state index contributed by atoms with van der Waals surface area (Å²) >= 11 is 5.69. The molecule has 0 saturated carbocycles. The van der Waals surface area contributed by atoms with Crippen LogP contribution in [0.2, 0.25) is 5.02 Å². The summed E-state index contributed by atoms with van der Waals surface area (Å²) in [7, 11) is 0. The van der Waals surface area contributed by atoms with Crippen LogP contribution in [0.5, 0.6) is 0 Å². The van der Waals surface area contributed by atoms with Crippen molar-refractivity contribution in [2.24, 2.45) is 0 Å². The number of aryl methyl sites for hydroxylation is 1. The second kappa shape index (κ2) is 3.77. The molecule has 1 aromatic carbocycles. The van der Waals surface area contributed by atoms with Gasteiger partial charge >= 0.3 is 5.97 Å². The third-order valence-corrected chi connectivity index (χ3v) is 1.83. The molecule has 0 aliphatic heterocycles. The van der Waals surface area contributed by atoms with Crippen molar-refractivity contribution < 1.29 is 15.0 Å². The van der Waals surface area contributed by atoms with Crippen molar-refractivity contribution in [2.45, 2.75) is 13.0 Å². The van der Waals surface area contributed by atoms with Crippen molar-refractivity contribution >= 4 is 17.6 Å². The lowest BCUT2D eigenvalue weighted by Gasteiger charge is -2.06. The molecule has 0 aromatic heterocycles. The Labute approximate surface area is 80.6 Å². The minimum atomic E-state index is -1.50. The third kappa shape index (κ3) is 2.44. The van der Waals surface area contributed by atoms with E-state index >= 15 is 0 Å². The highest BCUT2D eigenvalue weighted by Gasteiger charge is 2.16.